The molecule has 0 fully saturated rings. The number of anilines is 1. The summed E-state index contributed by atoms with van der Waals surface area (Å²) in [5.74, 6) is 0.133. The molecule has 1 amide bonds. The van der Waals surface area contributed by atoms with Gasteiger partial charge >= 0.3 is 0 Å². The molecule has 0 radical (unpaired) electrons. The van der Waals surface area contributed by atoms with Crippen LogP contribution in [0.1, 0.15) is 15.9 Å². The van der Waals surface area contributed by atoms with Crippen molar-refractivity contribution in [2.45, 2.75) is 6.42 Å². The molecule has 1 N–H and O–H groups in total. The fourth-order valence-corrected chi connectivity index (χ4v) is 1.76. The van der Waals surface area contributed by atoms with Crippen molar-refractivity contribution >= 4 is 11.6 Å². The Bertz CT molecular complexity index is 374. The van der Waals surface area contributed by atoms with E-state index >= 15 is 0 Å². The second-order valence-corrected chi connectivity index (χ2v) is 3.60. The average Bonchev–Trinajstić information content (AvgIpc) is 2.23. The molecular formula is C11H14N2O. The number of amides is 1. The van der Waals surface area contributed by atoms with E-state index < -0.39 is 0 Å². The topological polar surface area (TPSA) is 32.3 Å². The van der Waals surface area contributed by atoms with Gasteiger partial charge in [0.15, 0.2) is 0 Å². The molecule has 0 saturated heterocycles. The molecular weight excluding hydrogens is 176 g/mol. The number of nitrogens with zero attached hydrogens (tertiary/aromatic N) is 1. The molecule has 2 rings (SSSR count). The minimum atomic E-state index is 0.133. The fraction of sp³-hybridized carbons (Fsp3) is 0.364. The van der Waals surface area contributed by atoms with E-state index in [1.807, 2.05) is 26.2 Å². The second-order valence-electron chi connectivity index (χ2n) is 3.60. The smallest absolute Gasteiger partial charge is 0.253 e. The molecule has 3 heteroatoms. The van der Waals surface area contributed by atoms with Crippen molar-refractivity contribution in [1.82, 2.24) is 4.90 Å². The zero-order valence-corrected chi connectivity index (χ0v) is 8.50. The minimum absolute atomic E-state index is 0.133. The molecule has 1 aliphatic rings. The molecule has 1 heterocycles. The van der Waals surface area contributed by atoms with Crippen molar-refractivity contribution in [2.24, 2.45) is 0 Å². The Hall–Kier alpha value is -1.51. The minimum Gasteiger partial charge on any atom is -0.388 e. The van der Waals surface area contributed by atoms with Crippen molar-refractivity contribution in [3.05, 3.63) is 29.3 Å². The lowest BCUT2D eigenvalue weighted by Gasteiger charge is -2.25. The first kappa shape index (κ1) is 9.06. The summed E-state index contributed by atoms with van der Waals surface area (Å²) in [5, 5.41) is 3.08. The second kappa shape index (κ2) is 3.33. The monoisotopic (exact) mass is 190 g/mol. The number of likely N-dealkylation sites (N-methyl/N-ethyl adjacent to an activating group) is 1. The molecule has 3 nitrogen and oxygen atoms in total. The highest BCUT2D eigenvalue weighted by atomic mass is 16.2. The van der Waals surface area contributed by atoms with Gasteiger partial charge in [0.05, 0.1) is 0 Å². The number of nitrogens with one attached hydrogen (secondary N) is 1. The standard InChI is InChI=1S/C11H14N2O/c1-12-9-3-4-10-8(7-9)5-6-13(2)11(10)14/h3-4,7,12H,5-6H2,1-2H3. The lowest BCUT2D eigenvalue weighted by molar-refractivity contribution is 0.0781. The van der Waals surface area contributed by atoms with E-state index in [-0.39, 0.29) is 5.91 Å². The summed E-state index contributed by atoms with van der Waals surface area (Å²) in [4.78, 5) is 13.5. The van der Waals surface area contributed by atoms with Crippen molar-refractivity contribution in [3.8, 4) is 0 Å². The normalized spacial score (nSPS) is 15.3. The molecule has 1 aromatic rings. The largest absolute Gasteiger partial charge is 0.388 e. The zero-order chi connectivity index (χ0) is 10.1. The van der Waals surface area contributed by atoms with Crippen LogP contribution in [0.4, 0.5) is 5.69 Å². The average molecular weight is 190 g/mol. The van der Waals surface area contributed by atoms with E-state index in [9.17, 15) is 4.79 Å². The van der Waals surface area contributed by atoms with Gasteiger partial charge in [-0.2, -0.15) is 0 Å². The van der Waals surface area contributed by atoms with Crippen LogP contribution in [-0.2, 0) is 6.42 Å². The number of carbonyl (C=O) groups is 1. The Morgan fingerprint density at radius 2 is 2.21 bits per heavy atom. The van der Waals surface area contributed by atoms with E-state index in [0.717, 1.165) is 29.8 Å². The first-order valence-electron chi connectivity index (χ1n) is 4.78. The highest BCUT2D eigenvalue weighted by Gasteiger charge is 2.20. The van der Waals surface area contributed by atoms with Gasteiger partial charge in [0.2, 0.25) is 0 Å². The summed E-state index contributed by atoms with van der Waals surface area (Å²) in [6.45, 7) is 0.818. The number of hydrogen-bond donors (Lipinski definition) is 1. The number of benzene rings is 1. The Morgan fingerprint density at radius 1 is 1.43 bits per heavy atom. The third-order valence-electron chi connectivity index (χ3n) is 2.69. The van der Waals surface area contributed by atoms with E-state index in [0.29, 0.717) is 0 Å². The van der Waals surface area contributed by atoms with Gasteiger partial charge in [-0.05, 0) is 30.2 Å². The molecule has 0 atom stereocenters. The van der Waals surface area contributed by atoms with Crippen molar-refractivity contribution in [2.75, 3.05) is 26.0 Å². The lowest BCUT2D eigenvalue weighted by Crippen LogP contribution is -2.34. The fourth-order valence-electron chi connectivity index (χ4n) is 1.76. The number of hydrogen-bond acceptors (Lipinski definition) is 2. The van der Waals surface area contributed by atoms with Gasteiger partial charge < -0.3 is 10.2 Å². The number of carbonyl (C=O) groups excluding carboxylic acids is 1. The maximum atomic E-state index is 11.7. The van der Waals surface area contributed by atoms with Gasteiger partial charge in [-0.3, -0.25) is 4.79 Å². The maximum Gasteiger partial charge on any atom is 0.253 e. The van der Waals surface area contributed by atoms with Crippen molar-refractivity contribution in [1.29, 1.82) is 0 Å². The van der Waals surface area contributed by atoms with E-state index in [1.165, 1.54) is 0 Å². The molecule has 14 heavy (non-hydrogen) atoms. The van der Waals surface area contributed by atoms with E-state index in [2.05, 4.69) is 11.4 Å². The first-order valence-corrected chi connectivity index (χ1v) is 4.78. The highest BCUT2D eigenvalue weighted by molar-refractivity contribution is 5.97. The summed E-state index contributed by atoms with van der Waals surface area (Å²) in [6.07, 6.45) is 0.951. The molecule has 0 bridgehead atoms. The molecule has 0 unspecified atom stereocenters. The Kier molecular flexibility index (Phi) is 2.15. The number of rotatable bonds is 1. The van der Waals surface area contributed by atoms with Gasteiger partial charge in [-0.15, -0.1) is 0 Å². The Labute approximate surface area is 83.7 Å². The number of fused-ring (bicyclic) bond motifs is 1. The predicted octanol–water partition coefficient (Wildman–Crippen LogP) is 1.36. The Morgan fingerprint density at radius 3 is 2.93 bits per heavy atom. The summed E-state index contributed by atoms with van der Waals surface area (Å²) in [6, 6.07) is 5.90. The van der Waals surface area contributed by atoms with Gasteiger partial charge in [0.25, 0.3) is 5.91 Å². The molecule has 0 spiro atoms. The van der Waals surface area contributed by atoms with Crippen molar-refractivity contribution in [3.63, 3.8) is 0 Å². The lowest BCUT2D eigenvalue weighted by atomic mass is 9.99. The van der Waals surface area contributed by atoms with Crippen LogP contribution in [0.2, 0.25) is 0 Å². The third-order valence-corrected chi connectivity index (χ3v) is 2.69. The van der Waals surface area contributed by atoms with Gasteiger partial charge in [-0.1, -0.05) is 0 Å². The maximum absolute atomic E-state index is 11.7. The Balaban J connectivity index is 2.44. The van der Waals surface area contributed by atoms with Gasteiger partial charge in [-0.25, -0.2) is 0 Å². The van der Waals surface area contributed by atoms with Crippen LogP contribution in [0.3, 0.4) is 0 Å². The van der Waals surface area contributed by atoms with E-state index in [1.54, 1.807) is 4.90 Å². The summed E-state index contributed by atoms with van der Waals surface area (Å²) in [5.41, 5.74) is 3.07. The molecule has 1 aliphatic heterocycles. The van der Waals surface area contributed by atoms with Gasteiger partial charge in [0.1, 0.15) is 0 Å². The van der Waals surface area contributed by atoms with Crippen molar-refractivity contribution < 1.29 is 4.79 Å². The van der Waals surface area contributed by atoms with Crippen LogP contribution in [0.25, 0.3) is 0 Å². The summed E-state index contributed by atoms with van der Waals surface area (Å²) < 4.78 is 0. The van der Waals surface area contributed by atoms with Crippen LogP contribution >= 0.6 is 0 Å². The van der Waals surface area contributed by atoms with Crippen LogP contribution < -0.4 is 5.32 Å². The zero-order valence-electron chi connectivity index (χ0n) is 8.50. The van der Waals surface area contributed by atoms with Crippen LogP contribution in [0.15, 0.2) is 18.2 Å². The summed E-state index contributed by atoms with van der Waals surface area (Å²) in [7, 11) is 3.73. The third kappa shape index (κ3) is 1.35. The molecule has 0 aliphatic carbocycles. The molecule has 0 saturated carbocycles. The molecule has 0 aromatic heterocycles. The molecule has 74 valence electrons. The van der Waals surface area contributed by atoms with Crippen LogP contribution in [-0.4, -0.2) is 31.4 Å². The van der Waals surface area contributed by atoms with E-state index in [4.69, 9.17) is 0 Å². The predicted molar refractivity (Wildman–Crippen MR) is 56.7 cm³/mol. The first-order chi connectivity index (χ1) is 6.72. The molecule has 1 aromatic carbocycles. The van der Waals surface area contributed by atoms with Crippen LogP contribution in [0, 0.1) is 0 Å². The summed E-state index contributed by atoms with van der Waals surface area (Å²) >= 11 is 0. The highest BCUT2D eigenvalue weighted by Crippen LogP contribution is 2.21. The SMILES string of the molecule is CNc1ccc2c(c1)CCN(C)C2=O. The van der Waals surface area contributed by atoms with Crippen LogP contribution in [0.5, 0.6) is 0 Å². The van der Waals surface area contributed by atoms with Gasteiger partial charge in [0, 0.05) is 31.9 Å². The quantitative estimate of drug-likeness (QED) is 0.725.